The summed E-state index contributed by atoms with van der Waals surface area (Å²) in [5.74, 6) is 3.69. The van der Waals surface area contributed by atoms with E-state index in [4.69, 9.17) is 16.0 Å². The fraction of sp³-hybridized carbons (Fsp3) is 0.388. The molecular formula is C80H111N3O8S. The van der Waals surface area contributed by atoms with Gasteiger partial charge in [0.25, 0.3) is 0 Å². The van der Waals surface area contributed by atoms with Gasteiger partial charge in [-0.05, 0) is 165 Å². The van der Waals surface area contributed by atoms with Gasteiger partial charge in [-0.3, -0.25) is 19.2 Å². The number of nitrogens with two attached hydrogens (primary N) is 2. The largest absolute Gasteiger partial charge is 0.478 e. The van der Waals surface area contributed by atoms with Gasteiger partial charge in [-0.2, -0.15) is 0 Å². The van der Waals surface area contributed by atoms with Crippen LogP contribution in [0.4, 0.5) is 0 Å². The zero-order chi connectivity index (χ0) is 68.0. The smallest absolute Gasteiger partial charge is 0.335 e. The number of allylic oxidation sites excluding steroid dienone is 8. The molecular weight excluding hydrogens is 1160 g/mol. The summed E-state index contributed by atoms with van der Waals surface area (Å²) in [6.07, 6.45) is 15.8. The zero-order valence-electron chi connectivity index (χ0n) is 56.7. The quantitative estimate of drug-likeness (QED) is 0.0972. The van der Waals surface area contributed by atoms with Crippen molar-refractivity contribution in [1.29, 1.82) is 0 Å². The van der Waals surface area contributed by atoms with Crippen LogP contribution in [-0.2, 0) is 26.0 Å². The lowest BCUT2D eigenvalue weighted by Gasteiger charge is -2.10. The second-order valence-corrected chi connectivity index (χ2v) is 26.6. The second kappa shape index (κ2) is 42.2. The van der Waals surface area contributed by atoms with E-state index in [-0.39, 0.29) is 36.9 Å². The number of carboxylic acids is 1. The van der Waals surface area contributed by atoms with Gasteiger partial charge in [0.2, 0.25) is 15.6 Å². The molecule has 92 heavy (non-hydrogen) atoms. The number of aromatic carboxylic acids is 1. The Kier molecular flexibility index (Phi) is 38.5. The Labute approximate surface area is 554 Å². The van der Waals surface area contributed by atoms with Crippen molar-refractivity contribution in [3.05, 3.63) is 259 Å². The summed E-state index contributed by atoms with van der Waals surface area (Å²) in [6, 6.07) is 40.5. The highest BCUT2D eigenvalue weighted by Crippen LogP contribution is 2.27. The average molecular weight is 1270 g/mol. The summed E-state index contributed by atoms with van der Waals surface area (Å²) >= 11 is 0. The first-order chi connectivity index (χ1) is 42.1. The van der Waals surface area contributed by atoms with Gasteiger partial charge in [0.15, 0.2) is 17.3 Å². The number of carbonyl (C=O) groups excluding carboxylic acids is 3. The number of Topliss-reactive ketones (excluding diaryl/α,β-unsaturated/α-hetero) is 2. The molecule has 5 aromatic carbocycles. The SMILES string of the molecule is C.C.C=C(N)c1cccc(C(C)C)c1.CC(C)C1=CC=CCC1=O.CC(C)C1=CCC(=O)C=C1.CC(C)c1cc[nH]c(=O)c1.CC(C)c1ccc2c(c1)C(=O)CC2.CC(C)c1cccc(C(=O)O)c1.CC(C)c1cccc(S(N)(=O)=O)c1.Cc1cccc(C(C)C)c1. The summed E-state index contributed by atoms with van der Waals surface area (Å²) in [5.41, 5.74) is 20.5. The molecule has 1 aromatic heterocycles. The molecule has 0 spiro atoms. The molecule has 1 heterocycles. The average Bonchev–Trinajstić information content (AvgIpc) is 1.71. The van der Waals surface area contributed by atoms with Crippen LogP contribution in [0.5, 0.6) is 0 Å². The molecule has 0 amide bonds. The third kappa shape index (κ3) is 31.3. The lowest BCUT2D eigenvalue weighted by molar-refractivity contribution is -0.115. The van der Waals surface area contributed by atoms with Crippen molar-refractivity contribution < 1.29 is 32.7 Å². The maximum atomic E-state index is 11.4. The summed E-state index contributed by atoms with van der Waals surface area (Å²) in [4.78, 5) is 57.3. The second-order valence-electron chi connectivity index (χ2n) is 25.1. The molecule has 3 aliphatic rings. The Bertz CT molecular complexity index is 3550. The van der Waals surface area contributed by atoms with Gasteiger partial charge in [0.1, 0.15) is 0 Å². The summed E-state index contributed by atoms with van der Waals surface area (Å²) in [5, 5.41) is 13.7. The van der Waals surface area contributed by atoms with Crippen molar-refractivity contribution >= 4 is 39.0 Å². The number of nitrogens with one attached hydrogen (secondary N) is 1. The highest BCUT2D eigenvalue weighted by molar-refractivity contribution is 7.89. The van der Waals surface area contributed by atoms with Crippen LogP contribution in [0.2, 0.25) is 0 Å². The number of fused-ring (bicyclic) bond motifs is 1. The number of rotatable bonds is 11. The number of hydrogen-bond acceptors (Lipinski definition) is 8. The standard InChI is InChI=1S/C12H14O.C11H15N.C10H12O2.C10H14.C9H13NO2S.2C9H12O.C8H11NO.2CH4/c1-8(2)10-4-3-9-5-6-12(13)11(9)7-10;1-8(2)10-5-4-6-11(7-10)9(3)12;1-7(2)8-4-3-5-9(6-8)10(11)12;1-8(2)10-6-4-5-9(3)7-10;1-7(2)8-4-3-5-9(6-8)13(10,11)12;1-7(2)8-3-5-9(10)6-4-8;1-7(2)8-5-3-4-6-9(8)10;1-6(2)7-3-4-9-8(10)5-7;;/h3-4,7-8H,5-6H2,1-2H3;4-8H,3,12H2,1-2H3;3-7H,1-2H3,(H,11,12);4-8H,1-3H3;3-7H,1-2H3,(H2,10,11,12);2*3-5,7H,6H2,1-2H3;3-6H,1-2H3,(H,9,10);2*1H4. The number of aryl methyl sites for hydroxylation is 2. The number of sulfonamides is 1. The van der Waals surface area contributed by atoms with E-state index in [1.165, 1.54) is 39.5 Å². The molecule has 6 N–H and O–H groups in total. The number of pyridine rings is 1. The van der Waals surface area contributed by atoms with E-state index in [1.54, 1.807) is 48.7 Å². The number of benzene rings is 5. The molecule has 0 aliphatic heterocycles. The normalized spacial score (nSPS) is 12.7. The van der Waals surface area contributed by atoms with Crippen LogP contribution in [0, 0.1) is 18.8 Å². The van der Waals surface area contributed by atoms with Gasteiger partial charge in [-0.1, -0.05) is 247 Å². The molecule has 0 saturated carbocycles. The minimum absolute atomic E-state index is 0. The Morgan fingerprint density at radius 2 is 1.01 bits per heavy atom. The van der Waals surface area contributed by atoms with Crippen molar-refractivity contribution in [2.45, 2.75) is 199 Å². The molecule has 0 radical (unpaired) electrons. The van der Waals surface area contributed by atoms with Crippen LogP contribution >= 0.6 is 0 Å². The minimum atomic E-state index is -3.56. The number of hydrogen-bond donors (Lipinski definition) is 4. The maximum Gasteiger partial charge on any atom is 0.335 e. The fourth-order valence-corrected chi connectivity index (χ4v) is 9.45. The first-order valence-electron chi connectivity index (χ1n) is 31.4. The van der Waals surface area contributed by atoms with E-state index >= 15 is 0 Å². The summed E-state index contributed by atoms with van der Waals surface area (Å²) in [7, 11) is -3.56. The van der Waals surface area contributed by atoms with E-state index in [2.05, 4.69) is 142 Å². The van der Waals surface area contributed by atoms with Gasteiger partial charge in [0.05, 0.1) is 10.5 Å². The number of primary sulfonamides is 1. The Morgan fingerprint density at radius 1 is 0.533 bits per heavy atom. The van der Waals surface area contributed by atoms with Crippen LogP contribution in [-0.4, -0.2) is 41.8 Å². The number of carbonyl (C=O) groups is 4. The van der Waals surface area contributed by atoms with E-state index in [1.807, 2.05) is 102 Å². The first kappa shape index (κ1) is 83.9. The van der Waals surface area contributed by atoms with Crippen molar-refractivity contribution in [1.82, 2.24) is 4.98 Å². The van der Waals surface area contributed by atoms with Crippen LogP contribution in [0.3, 0.4) is 0 Å². The fourth-order valence-electron chi connectivity index (χ4n) is 8.89. The van der Waals surface area contributed by atoms with Crippen molar-refractivity contribution in [2.75, 3.05) is 0 Å². The molecule has 9 rings (SSSR count). The van der Waals surface area contributed by atoms with E-state index < -0.39 is 16.0 Å². The molecule has 0 fully saturated rings. The molecule has 12 heteroatoms. The molecule has 6 aromatic rings. The molecule has 500 valence electrons. The van der Waals surface area contributed by atoms with Crippen LogP contribution in [0.25, 0.3) is 5.70 Å². The van der Waals surface area contributed by atoms with Crippen LogP contribution in [0.1, 0.15) is 251 Å². The number of H-pyrrole nitrogens is 1. The number of aromatic nitrogens is 1. The van der Waals surface area contributed by atoms with E-state index in [0.29, 0.717) is 83.6 Å². The third-order valence-electron chi connectivity index (χ3n) is 14.8. The molecule has 0 unspecified atom stereocenters. The molecule has 0 bridgehead atoms. The molecule has 3 aliphatic carbocycles. The van der Waals surface area contributed by atoms with Crippen molar-refractivity contribution in [2.24, 2.45) is 22.7 Å². The van der Waals surface area contributed by atoms with E-state index in [0.717, 1.165) is 39.8 Å². The van der Waals surface area contributed by atoms with Crippen molar-refractivity contribution in [3.63, 3.8) is 0 Å². The number of ketones is 3. The van der Waals surface area contributed by atoms with Gasteiger partial charge in [-0.15, -0.1) is 0 Å². The highest BCUT2D eigenvalue weighted by atomic mass is 32.2. The Morgan fingerprint density at radius 3 is 1.42 bits per heavy atom. The first-order valence-corrected chi connectivity index (χ1v) is 32.9. The molecule has 11 nitrogen and oxygen atoms in total. The maximum absolute atomic E-state index is 11.4. The topological polar surface area (TPSA) is 208 Å². The number of carboxylic acid groups (broad SMARTS) is 1. The van der Waals surface area contributed by atoms with Crippen LogP contribution < -0.4 is 16.4 Å². The van der Waals surface area contributed by atoms with Crippen LogP contribution in [0.15, 0.2) is 197 Å². The summed E-state index contributed by atoms with van der Waals surface area (Å²) in [6.45, 7) is 39.5. The monoisotopic (exact) mass is 1270 g/mol. The highest BCUT2D eigenvalue weighted by Gasteiger charge is 2.20. The summed E-state index contributed by atoms with van der Waals surface area (Å²) < 4.78 is 22.0. The number of aromatic amines is 1. The van der Waals surface area contributed by atoms with Gasteiger partial charge < -0.3 is 15.8 Å². The Hall–Kier alpha value is -8.06. The lowest BCUT2D eigenvalue weighted by atomic mass is 9.94. The molecule has 0 atom stereocenters. The zero-order valence-corrected chi connectivity index (χ0v) is 57.5. The Balaban J connectivity index is 0.00000103. The van der Waals surface area contributed by atoms with Gasteiger partial charge in [-0.25, -0.2) is 18.4 Å². The molecule has 0 saturated heterocycles. The van der Waals surface area contributed by atoms with E-state index in [9.17, 15) is 32.4 Å². The van der Waals surface area contributed by atoms with Gasteiger partial charge in [0, 0.05) is 42.8 Å². The lowest BCUT2D eigenvalue weighted by Crippen LogP contribution is -2.12. The van der Waals surface area contributed by atoms with Gasteiger partial charge >= 0.3 is 5.97 Å². The third-order valence-corrected chi connectivity index (χ3v) is 15.7. The predicted molar refractivity (Wildman–Crippen MR) is 390 cm³/mol. The van der Waals surface area contributed by atoms with Crippen molar-refractivity contribution in [3.8, 4) is 0 Å². The minimum Gasteiger partial charge on any atom is -0.478 e. The predicted octanol–water partition coefficient (Wildman–Crippen LogP) is 19.7.